The van der Waals surface area contributed by atoms with Crippen LogP contribution in [0.5, 0.6) is 5.75 Å². The van der Waals surface area contributed by atoms with Gasteiger partial charge in [0.1, 0.15) is 5.75 Å². The Kier molecular flexibility index (Phi) is 3.41. The predicted octanol–water partition coefficient (Wildman–Crippen LogP) is 3.58. The molecule has 0 bridgehead atoms. The van der Waals surface area contributed by atoms with Crippen LogP contribution >= 0.6 is 15.9 Å². The van der Waals surface area contributed by atoms with Crippen molar-refractivity contribution in [2.45, 2.75) is 38.5 Å². The topological polar surface area (TPSA) is 46.5 Å². The Hall–Kier alpha value is -1.03. The molecule has 4 heteroatoms. The molecule has 0 heterocycles. The van der Waals surface area contributed by atoms with Gasteiger partial charge in [-0.3, -0.25) is 4.79 Å². The molecule has 1 fully saturated rings. The number of carboxylic acid groups (broad SMARTS) is 1. The van der Waals surface area contributed by atoms with Crippen molar-refractivity contribution in [3.8, 4) is 5.75 Å². The van der Waals surface area contributed by atoms with Gasteiger partial charge in [-0.1, -0.05) is 6.07 Å². The Morgan fingerprint density at radius 2 is 2.11 bits per heavy atom. The van der Waals surface area contributed by atoms with E-state index in [4.69, 9.17) is 9.84 Å². The Bertz CT molecular complexity index is 504. The van der Waals surface area contributed by atoms with E-state index >= 15 is 0 Å². The van der Waals surface area contributed by atoms with E-state index in [2.05, 4.69) is 22.0 Å². The standard InChI is InChI=1S/C14H17BrO3/c1-8-6-10(13(18-3)12(15)9(8)2)14(4-5-14)7-11(16)17/h6H,4-5,7H2,1-3H3,(H,16,17). The Balaban J connectivity index is 2.54. The van der Waals surface area contributed by atoms with Crippen LogP contribution in [-0.2, 0) is 10.2 Å². The summed E-state index contributed by atoms with van der Waals surface area (Å²) in [5.74, 6) is 0.0424. The maximum absolute atomic E-state index is 11.0. The highest BCUT2D eigenvalue weighted by molar-refractivity contribution is 9.10. The summed E-state index contributed by atoms with van der Waals surface area (Å²) in [7, 11) is 1.63. The number of rotatable bonds is 4. The quantitative estimate of drug-likeness (QED) is 0.924. The van der Waals surface area contributed by atoms with Crippen LogP contribution in [0.15, 0.2) is 10.5 Å². The summed E-state index contributed by atoms with van der Waals surface area (Å²) in [6, 6.07) is 2.08. The van der Waals surface area contributed by atoms with Crippen molar-refractivity contribution in [3.63, 3.8) is 0 Å². The van der Waals surface area contributed by atoms with Crippen LogP contribution in [0.1, 0.15) is 36.0 Å². The van der Waals surface area contributed by atoms with E-state index in [0.717, 1.165) is 39.8 Å². The molecular formula is C14H17BrO3. The number of ether oxygens (including phenoxy) is 1. The Morgan fingerprint density at radius 1 is 1.50 bits per heavy atom. The van der Waals surface area contributed by atoms with Gasteiger partial charge in [0.05, 0.1) is 18.0 Å². The van der Waals surface area contributed by atoms with Crippen molar-refractivity contribution < 1.29 is 14.6 Å². The highest BCUT2D eigenvalue weighted by Gasteiger charge is 2.48. The number of carboxylic acids is 1. The second kappa shape index (κ2) is 4.57. The zero-order chi connectivity index (χ0) is 13.5. The Morgan fingerprint density at radius 3 is 2.56 bits per heavy atom. The first-order valence-corrected chi connectivity index (χ1v) is 6.76. The third-order valence-corrected chi connectivity index (χ3v) is 4.80. The lowest BCUT2D eigenvalue weighted by molar-refractivity contribution is -0.137. The number of aryl methyl sites for hydroxylation is 1. The van der Waals surface area contributed by atoms with Gasteiger partial charge in [-0.05, 0) is 53.7 Å². The SMILES string of the molecule is COc1c(C2(CC(=O)O)CC2)cc(C)c(C)c1Br. The van der Waals surface area contributed by atoms with Crippen molar-refractivity contribution in [2.75, 3.05) is 7.11 Å². The monoisotopic (exact) mass is 312 g/mol. The van der Waals surface area contributed by atoms with Crippen molar-refractivity contribution in [2.24, 2.45) is 0 Å². The molecule has 18 heavy (non-hydrogen) atoms. The van der Waals surface area contributed by atoms with Gasteiger partial charge in [-0.15, -0.1) is 0 Å². The van der Waals surface area contributed by atoms with E-state index in [-0.39, 0.29) is 11.8 Å². The fourth-order valence-corrected chi connectivity index (χ4v) is 3.12. The smallest absolute Gasteiger partial charge is 0.304 e. The van der Waals surface area contributed by atoms with E-state index < -0.39 is 5.97 Å². The molecule has 1 N–H and O–H groups in total. The van der Waals surface area contributed by atoms with Crippen molar-refractivity contribution >= 4 is 21.9 Å². The van der Waals surface area contributed by atoms with E-state index in [1.165, 1.54) is 0 Å². The summed E-state index contributed by atoms with van der Waals surface area (Å²) in [6.07, 6.45) is 2.02. The minimum Gasteiger partial charge on any atom is -0.495 e. The molecule has 0 aliphatic heterocycles. The fourth-order valence-electron chi connectivity index (χ4n) is 2.43. The minimum atomic E-state index is -0.746. The summed E-state index contributed by atoms with van der Waals surface area (Å²) in [6.45, 7) is 4.07. The third-order valence-electron chi connectivity index (χ3n) is 3.84. The van der Waals surface area contributed by atoms with Crippen molar-refractivity contribution in [1.29, 1.82) is 0 Å². The first kappa shape index (κ1) is 13.4. The molecule has 0 amide bonds. The zero-order valence-electron chi connectivity index (χ0n) is 10.8. The lowest BCUT2D eigenvalue weighted by atomic mass is 9.89. The van der Waals surface area contributed by atoms with Gasteiger partial charge in [0.25, 0.3) is 0 Å². The van der Waals surface area contributed by atoms with Gasteiger partial charge in [-0.2, -0.15) is 0 Å². The summed E-state index contributed by atoms with van der Waals surface area (Å²) < 4.78 is 6.42. The molecule has 0 atom stereocenters. The molecule has 0 unspecified atom stereocenters. The van der Waals surface area contributed by atoms with Gasteiger partial charge in [-0.25, -0.2) is 0 Å². The van der Waals surface area contributed by atoms with Crippen LogP contribution in [0.2, 0.25) is 0 Å². The van der Waals surface area contributed by atoms with E-state index in [1.807, 2.05) is 13.8 Å². The number of hydrogen-bond donors (Lipinski definition) is 1. The van der Waals surface area contributed by atoms with E-state index in [9.17, 15) is 4.79 Å². The average molecular weight is 313 g/mol. The van der Waals surface area contributed by atoms with Crippen LogP contribution in [0.25, 0.3) is 0 Å². The first-order valence-electron chi connectivity index (χ1n) is 5.97. The minimum absolute atomic E-state index is 0.179. The van der Waals surface area contributed by atoms with Crippen molar-refractivity contribution in [1.82, 2.24) is 0 Å². The summed E-state index contributed by atoms with van der Waals surface area (Å²) >= 11 is 3.56. The summed E-state index contributed by atoms with van der Waals surface area (Å²) in [4.78, 5) is 11.0. The van der Waals surface area contributed by atoms with Crippen LogP contribution in [0.3, 0.4) is 0 Å². The van der Waals surface area contributed by atoms with Gasteiger partial charge in [0.2, 0.25) is 0 Å². The van der Waals surface area contributed by atoms with Gasteiger partial charge in [0, 0.05) is 11.0 Å². The number of halogens is 1. The molecule has 3 nitrogen and oxygen atoms in total. The lowest BCUT2D eigenvalue weighted by Gasteiger charge is -2.20. The molecule has 0 spiro atoms. The molecular weight excluding hydrogens is 296 g/mol. The second-order valence-corrected chi connectivity index (χ2v) is 5.86. The molecule has 1 aromatic rings. The number of benzene rings is 1. The van der Waals surface area contributed by atoms with Gasteiger partial charge in [0.15, 0.2) is 0 Å². The maximum Gasteiger partial charge on any atom is 0.304 e. The molecule has 98 valence electrons. The Labute approximate surface area is 115 Å². The summed E-state index contributed by atoms with van der Waals surface area (Å²) in [5.41, 5.74) is 3.11. The second-order valence-electron chi connectivity index (χ2n) is 5.06. The van der Waals surface area contributed by atoms with E-state index in [1.54, 1.807) is 7.11 Å². The molecule has 1 aliphatic carbocycles. The maximum atomic E-state index is 11.0. The van der Waals surface area contributed by atoms with Crippen LogP contribution in [0, 0.1) is 13.8 Å². The fraction of sp³-hybridized carbons (Fsp3) is 0.500. The van der Waals surface area contributed by atoms with Gasteiger partial charge >= 0.3 is 5.97 Å². The van der Waals surface area contributed by atoms with Crippen LogP contribution in [-0.4, -0.2) is 18.2 Å². The third kappa shape index (κ3) is 2.14. The highest BCUT2D eigenvalue weighted by atomic mass is 79.9. The molecule has 1 aromatic carbocycles. The number of aliphatic carboxylic acids is 1. The molecule has 2 rings (SSSR count). The predicted molar refractivity (Wildman–Crippen MR) is 73.3 cm³/mol. The largest absolute Gasteiger partial charge is 0.495 e. The molecule has 1 saturated carbocycles. The normalized spacial score (nSPS) is 16.4. The molecule has 0 radical (unpaired) electrons. The highest BCUT2D eigenvalue weighted by Crippen LogP contribution is 2.55. The number of carbonyl (C=O) groups is 1. The van der Waals surface area contributed by atoms with Crippen molar-refractivity contribution in [3.05, 3.63) is 27.2 Å². The molecule has 0 saturated heterocycles. The lowest BCUT2D eigenvalue weighted by Crippen LogP contribution is -2.15. The first-order chi connectivity index (χ1) is 8.41. The molecule has 1 aliphatic rings. The van der Waals surface area contributed by atoms with E-state index in [0.29, 0.717) is 0 Å². The number of hydrogen-bond acceptors (Lipinski definition) is 2. The average Bonchev–Trinajstić information content (AvgIpc) is 3.05. The molecule has 0 aromatic heterocycles. The van der Waals surface area contributed by atoms with Crippen LogP contribution < -0.4 is 4.74 Å². The van der Waals surface area contributed by atoms with Crippen LogP contribution in [0.4, 0.5) is 0 Å². The number of methoxy groups -OCH3 is 1. The zero-order valence-corrected chi connectivity index (χ0v) is 12.4. The van der Waals surface area contributed by atoms with Gasteiger partial charge < -0.3 is 9.84 Å². The summed E-state index contributed by atoms with van der Waals surface area (Å²) in [5, 5.41) is 9.05.